The maximum absolute atomic E-state index is 12.4. The number of hydrogen-bond donors (Lipinski definition) is 2. The number of thiocarbonyl (C=S) groups is 1. The number of aromatic nitrogens is 1. The molecule has 3 aromatic carbocycles. The third-order valence-corrected chi connectivity index (χ3v) is 5.15. The molecule has 0 bridgehead atoms. The van der Waals surface area contributed by atoms with Gasteiger partial charge in [0.15, 0.2) is 10.7 Å². The van der Waals surface area contributed by atoms with Gasteiger partial charge in [0.2, 0.25) is 5.89 Å². The first-order chi connectivity index (χ1) is 14.0. The van der Waals surface area contributed by atoms with Crippen molar-refractivity contribution < 1.29 is 9.21 Å². The fourth-order valence-corrected chi connectivity index (χ4v) is 3.54. The lowest BCUT2D eigenvalue weighted by Crippen LogP contribution is -2.34. The number of anilines is 1. The summed E-state index contributed by atoms with van der Waals surface area (Å²) < 4.78 is 6.56. The van der Waals surface area contributed by atoms with Crippen LogP contribution in [0.1, 0.15) is 15.9 Å². The zero-order valence-corrected chi connectivity index (χ0v) is 17.8. The Labute approximate surface area is 181 Å². The molecule has 0 fully saturated rings. The Morgan fingerprint density at radius 2 is 1.90 bits per heavy atom. The molecule has 2 N–H and O–H groups in total. The molecule has 0 saturated carbocycles. The second kappa shape index (κ2) is 8.14. The number of amides is 1. The monoisotopic (exact) mass is 465 g/mol. The van der Waals surface area contributed by atoms with E-state index in [9.17, 15) is 4.79 Å². The molecular formula is C22H16BrN3O2S. The van der Waals surface area contributed by atoms with Crippen molar-refractivity contribution in [1.82, 2.24) is 10.3 Å². The Kier molecular flexibility index (Phi) is 5.42. The largest absolute Gasteiger partial charge is 0.436 e. The van der Waals surface area contributed by atoms with E-state index in [0.717, 1.165) is 27.9 Å². The summed E-state index contributed by atoms with van der Waals surface area (Å²) in [6, 6.07) is 20.5. The predicted octanol–water partition coefficient (Wildman–Crippen LogP) is 5.69. The van der Waals surface area contributed by atoms with Gasteiger partial charge in [-0.15, -0.1) is 0 Å². The van der Waals surface area contributed by atoms with E-state index in [0.29, 0.717) is 15.9 Å². The Bertz CT molecular complexity index is 1240. The van der Waals surface area contributed by atoms with Gasteiger partial charge in [-0.3, -0.25) is 10.1 Å². The van der Waals surface area contributed by atoms with Crippen LogP contribution in [0.3, 0.4) is 0 Å². The van der Waals surface area contributed by atoms with E-state index in [-0.39, 0.29) is 11.0 Å². The molecule has 29 heavy (non-hydrogen) atoms. The normalized spacial score (nSPS) is 10.7. The summed E-state index contributed by atoms with van der Waals surface area (Å²) in [5, 5.41) is 5.92. The first kappa shape index (κ1) is 19.3. The maximum Gasteiger partial charge on any atom is 0.258 e. The third kappa shape index (κ3) is 4.36. The minimum Gasteiger partial charge on any atom is -0.436 e. The first-order valence-corrected chi connectivity index (χ1v) is 10.0. The van der Waals surface area contributed by atoms with Gasteiger partial charge in [0.25, 0.3) is 5.91 Å². The molecule has 7 heteroatoms. The average molecular weight is 466 g/mol. The lowest BCUT2D eigenvalue weighted by molar-refractivity contribution is 0.0977. The van der Waals surface area contributed by atoms with Crippen molar-refractivity contribution in [2.75, 3.05) is 5.32 Å². The fraction of sp³-hybridized carbons (Fsp3) is 0.0455. The zero-order chi connectivity index (χ0) is 20.4. The summed E-state index contributed by atoms with van der Waals surface area (Å²) in [6.07, 6.45) is 0. The summed E-state index contributed by atoms with van der Waals surface area (Å²) in [5.74, 6) is 0.234. The summed E-state index contributed by atoms with van der Waals surface area (Å²) in [6.45, 7) is 2.02. The van der Waals surface area contributed by atoms with Crippen LogP contribution in [0.4, 0.5) is 5.69 Å². The number of carbonyl (C=O) groups excluding carboxylic acids is 1. The summed E-state index contributed by atoms with van der Waals surface area (Å²) >= 11 is 8.65. The number of oxazole rings is 1. The summed E-state index contributed by atoms with van der Waals surface area (Å²) in [5.41, 5.74) is 4.71. The van der Waals surface area contributed by atoms with Gasteiger partial charge in [-0.25, -0.2) is 4.98 Å². The van der Waals surface area contributed by atoms with Crippen LogP contribution in [0.15, 0.2) is 75.6 Å². The van der Waals surface area contributed by atoms with Crippen molar-refractivity contribution in [3.05, 3.63) is 82.3 Å². The Hall–Kier alpha value is -3.03. The minimum atomic E-state index is -0.291. The van der Waals surface area contributed by atoms with Gasteiger partial charge in [0.1, 0.15) is 5.52 Å². The Morgan fingerprint density at radius 3 is 2.72 bits per heavy atom. The molecule has 1 amide bonds. The van der Waals surface area contributed by atoms with Crippen LogP contribution in [0, 0.1) is 6.92 Å². The lowest BCUT2D eigenvalue weighted by Gasteiger charge is -2.11. The molecule has 1 heterocycles. The number of nitrogens with one attached hydrogen (secondary N) is 2. The van der Waals surface area contributed by atoms with E-state index in [1.807, 2.05) is 55.5 Å². The summed E-state index contributed by atoms with van der Waals surface area (Å²) in [4.78, 5) is 16.9. The van der Waals surface area contributed by atoms with Crippen LogP contribution < -0.4 is 10.6 Å². The molecule has 0 spiro atoms. The Morgan fingerprint density at radius 1 is 1.07 bits per heavy atom. The van der Waals surface area contributed by atoms with E-state index in [2.05, 4.69) is 31.5 Å². The standard InChI is InChI=1S/C22H16BrN3O2S/c1-13-9-10-19-18(11-13)25-21(28-19)14-5-4-6-15(12-14)24-22(29)26-20(27)16-7-2-3-8-17(16)23/h2-12H,1H3,(H2,24,26,27,29). The number of carbonyl (C=O) groups is 1. The van der Waals surface area contributed by atoms with Crippen LogP contribution in [-0.4, -0.2) is 16.0 Å². The van der Waals surface area contributed by atoms with Crippen LogP contribution in [0.2, 0.25) is 0 Å². The molecule has 4 rings (SSSR count). The highest BCUT2D eigenvalue weighted by Crippen LogP contribution is 2.26. The van der Waals surface area contributed by atoms with E-state index in [1.165, 1.54) is 0 Å². The van der Waals surface area contributed by atoms with Gasteiger partial charge in [0.05, 0.1) is 5.56 Å². The number of benzene rings is 3. The van der Waals surface area contributed by atoms with Crippen molar-refractivity contribution in [3.63, 3.8) is 0 Å². The average Bonchev–Trinajstić information content (AvgIpc) is 3.11. The SMILES string of the molecule is Cc1ccc2oc(-c3cccc(NC(=S)NC(=O)c4ccccc4Br)c3)nc2c1. The smallest absolute Gasteiger partial charge is 0.258 e. The number of rotatable bonds is 3. The van der Waals surface area contributed by atoms with E-state index in [1.54, 1.807) is 18.2 Å². The van der Waals surface area contributed by atoms with E-state index >= 15 is 0 Å². The van der Waals surface area contributed by atoms with Gasteiger partial charge in [-0.05, 0) is 83.1 Å². The van der Waals surface area contributed by atoms with Gasteiger partial charge in [0, 0.05) is 15.7 Å². The van der Waals surface area contributed by atoms with Gasteiger partial charge < -0.3 is 9.73 Å². The molecular weight excluding hydrogens is 450 g/mol. The van der Waals surface area contributed by atoms with Crippen LogP contribution >= 0.6 is 28.1 Å². The molecule has 0 radical (unpaired) electrons. The van der Waals surface area contributed by atoms with E-state index < -0.39 is 0 Å². The molecule has 0 unspecified atom stereocenters. The lowest BCUT2D eigenvalue weighted by atomic mass is 10.2. The zero-order valence-electron chi connectivity index (χ0n) is 15.4. The Balaban J connectivity index is 1.50. The molecule has 0 saturated heterocycles. The van der Waals surface area contributed by atoms with Gasteiger partial charge in [-0.1, -0.05) is 24.3 Å². The molecule has 1 aromatic heterocycles. The first-order valence-electron chi connectivity index (χ1n) is 8.84. The third-order valence-electron chi connectivity index (χ3n) is 4.26. The predicted molar refractivity (Wildman–Crippen MR) is 122 cm³/mol. The highest BCUT2D eigenvalue weighted by molar-refractivity contribution is 9.10. The number of nitrogens with zero attached hydrogens (tertiary/aromatic N) is 1. The maximum atomic E-state index is 12.4. The topological polar surface area (TPSA) is 67.2 Å². The molecule has 0 aliphatic carbocycles. The highest BCUT2D eigenvalue weighted by atomic mass is 79.9. The van der Waals surface area contributed by atoms with Crippen molar-refractivity contribution >= 4 is 56.0 Å². The van der Waals surface area contributed by atoms with Crippen molar-refractivity contribution in [3.8, 4) is 11.5 Å². The van der Waals surface area contributed by atoms with Gasteiger partial charge >= 0.3 is 0 Å². The second-order valence-corrected chi connectivity index (χ2v) is 7.72. The number of hydrogen-bond acceptors (Lipinski definition) is 4. The van der Waals surface area contributed by atoms with Crippen LogP contribution in [0.25, 0.3) is 22.6 Å². The number of fused-ring (bicyclic) bond motifs is 1. The molecule has 5 nitrogen and oxygen atoms in total. The van der Waals surface area contributed by atoms with Crippen LogP contribution in [0.5, 0.6) is 0 Å². The number of aryl methyl sites for hydroxylation is 1. The quantitative estimate of drug-likeness (QED) is 0.380. The van der Waals surface area contributed by atoms with E-state index in [4.69, 9.17) is 16.6 Å². The molecule has 0 atom stereocenters. The second-order valence-electron chi connectivity index (χ2n) is 6.46. The van der Waals surface area contributed by atoms with Crippen LogP contribution in [-0.2, 0) is 0 Å². The van der Waals surface area contributed by atoms with Crippen molar-refractivity contribution in [2.24, 2.45) is 0 Å². The fourth-order valence-electron chi connectivity index (χ4n) is 2.87. The molecule has 144 valence electrons. The molecule has 0 aliphatic rings. The minimum absolute atomic E-state index is 0.205. The van der Waals surface area contributed by atoms with Crippen molar-refractivity contribution in [2.45, 2.75) is 6.92 Å². The molecule has 0 aliphatic heterocycles. The van der Waals surface area contributed by atoms with Crippen molar-refractivity contribution in [1.29, 1.82) is 0 Å². The highest BCUT2D eigenvalue weighted by Gasteiger charge is 2.12. The summed E-state index contributed by atoms with van der Waals surface area (Å²) in [7, 11) is 0. The molecule has 4 aromatic rings. The number of halogens is 1. The van der Waals surface area contributed by atoms with Gasteiger partial charge in [-0.2, -0.15) is 0 Å².